The average molecular weight is 263 g/mol. The zero-order chi connectivity index (χ0) is 12.5. The topological polar surface area (TPSA) is 51.0 Å². The molecule has 5 heteroatoms. The molecule has 0 radical (unpaired) electrons. The summed E-state index contributed by atoms with van der Waals surface area (Å²) < 4.78 is 5.39. The minimum atomic E-state index is 0.401. The summed E-state index contributed by atoms with van der Waals surface area (Å²) in [4.78, 5) is 6.94. The van der Waals surface area contributed by atoms with E-state index in [1.54, 1.807) is 11.3 Å². The van der Waals surface area contributed by atoms with E-state index in [1.165, 1.54) is 16.9 Å². The molecule has 1 N–H and O–H groups in total. The molecule has 1 fully saturated rings. The van der Waals surface area contributed by atoms with Gasteiger partial charge in [0, 0.05) is 17.3 Å². The molecule has 3 heterocycles. The van der Waals surface area contributed by atoms with Crippen LogP contribution in [0.15, 0.2) is 10.6 Å². The molecule has 0 amide bonds. The lowest BCUT2D eigenvalue weighted by Crippen LogP contribution is -2.28. The third-order valence-corrected chi connectivity index (χ3v) is 4.62. The maximum absolute atomic E-state index is 5.39. The number of piperidine rings is 1. The van der Waals surface area contributed by atoms with Gasteiger partial charge in [0.15, 0.2) is 5.82 Å². The molecule has 0 bridgehead atoms. The van der Waals surface area contributed by atoms with Crippen LogP contribution in [-0.2, 0) is 0 Å². The molecular formula is C13H17N3OS. The van der Waals surface area contributed by atoms with Crippen LogP contribution in [0, 0.1) is 13.8 Å². The Morgan fingerprint density at radius 2 is 2.33 bits per heavy atom. The Labute approximate surface area is 110 Å². The maximum atomic E-state index is 5.39. The standard InChI is InChI=1S/C13H17N3OS/c1-8-6-11(18-9(8)2)13-15-12(16-17-13)10-4-3-5-14-7-10/h6,10,14H,3-5,7H2,1-2H3. The zero-order valence-corrected chi connectivity index (χ0v) is 11.5. The van der Waals surface area contributed by atoms with Gasteiger partial charge in [-0.15, -0.1) is 11.3 Å². The molecule has 0 spiro atoms. The van der Waals surface area contributed by atoms with Crippen molar-refractivity contribution in [2.75, 3.05) is 13.1 Å². The number of rotatable bonds is 2. The molecule has 0 aliphatic carbocycles. The fourth-order valence-electron chi connectivity index (χ4n) is 2.25. The average Bonchev–Trinajstić information content (AvgIpc) is 2.99. The van der Waals surface area contributed by atoms with Crippen molar-refractivity contribution in [1.82, 2.24) is 15.5 Å². The molecule has 0 saturated carbocycles. The first-order valence-corrected chi connectivity index (χ1v) is 7.17. The lowest BCUT2D eigenvalue weighted by molar-refractivity contribution is 0.393. The van der Waals surface area contributed by atoms with Crippen LogP contribution in [0.5, 0.6) is 0 Å². The molecule has 1 aliphatic rings. The van der Waals surface area contributed by atoms with Crippen molar-refractivity contribution in [3.8, 4) is 10.8 Å². The lowest BCUT2D eigenvalue weighted by atomic mass is 9.99. The highest BCUT2D eigenvalue weighted by atomic mass is 32.1. The molecule has 1 saturated heterocycles. The third-order valence-electron chi connectivity index (χ3n) is 3.48. The molecule has 18 heavy (non-hydrogen) atoms. The Balaban J connectivity index is 1.84. The van der Waals surface area contributed by atoms with E-state index in [1.807, 2.05) is 0 Å². The van der Waals surface area contributed by atoms with Gasteiger partial charge in [-0.05, 0) is 44.9 Å². The second-order valence-electron chi connectivity index (χ2n) is 4.85. The van der Waals surface area contributed by atoms with Crippen molar-refractivity contribution in [3.05, 3.63) is 22.3 Å². The molecule has 0 aromatic carbocycles. The van der Waals surface area contributed by atoms with Crippen LogP contribution in [0.3, 0.4) is 0 Å². The highest BCUT2D eigenvalue weighted by Crippen LogP contribution is 2.31. The van der Waals surface area contributed by atoms with E-state index >= 15 is 0 Å². The van der Waals surface area contributed by atoms with E-state index in [9.17, 15) is 0 Å². The minimum Gasteiger partial charge on any atom is -0.333 e. The fraction of sp³-hybridized carbons (Fsp3) is 0.538. The van der Waals surface area contributed by atoms with Crippen LogP contribution in [-0.4, -0.2) is 23.2 Å². The third kappa shape index (κ3) is 2.20. The monoisotopic (exact) mass is 263 g/mol. The first kappa shape index (κ1) is 11.9. The normalized spacial score (nSPS) is 20.2. The quantitative estimate of drug-likeness (QED) is 0.905. The molecule has 1 atom stereocenters. The van der Waals surface area contributed by atoms with Crippen molar-refractivity contribution in [2.24, 2.45) is 0 Å². The summed E-state index contributed by atoms with van der Waals surface area (Å²) in [5.41, 5.74) is 1.29. The van der Waals surface area contributed by atoms with E-state index in [0.29, 0.717) is 11.8 Å². The molecule has 96 valence electrons. The summed E-state index contributed by atoms with van der Waals surface area (Å²) in [5.74, 6) is 1.91. The largest absolute Gasteiger partial charge is 0.333 e. The number of hydrogen-bond acceptors (Lipinski definition) is 5. The maximum Gasteiger partial charge on any atom is 0.268 e. The Morgan fingerprint density at radius 3 is 3.00 bits per heavy atom. The van der Waals surface area contributed by atoms with Crippen molar-refractivity contribution >= 4 is 11.3 Å². The molecule has 1 unspecified atom stereocenters. The molecule has 2 aromatic rings. The number of nitrogens with one attached hydrogen (secondary N) is 1. The van der Waals surface area contributed by atoms with Crippen molar-refractivity contribution in [3.63, 3.8) is 0 Å². The SMILES string of the molecule is Cc1cc(-c2nc(C3CCCNC3)no2)sc1C. The summed E-state index contributed by atoms with van der Waals surface area (Å²) in [6, 6.07) is 2.12. The van der Waals surface area contributed by atoms with Crippen molar-refractivity contribution in [2.45, 2.75) is 32.6 Å². The van der Waals surface area contributed by atoms with Gasteiger partial charge < -0.3 is 9.84 Å². The van der Waals surface area contributed by atoms with Gasteiger partial charge >= 0.3 is 0 Å². The van der Waals surface area contributed by atoms with E-state index < -0.39 is 0 Å². The Kier molecular flexibility index (Phi) is 3.18. The number of nitrogens with zero attached hydrogens (tertiary/aromatic N) is 2. The predicted octanol–water partition coefficient (Wildman–Crippen LogP) is 2.88. The highest BCUT2D eigenvalue weighted by Gasteiger charge is 2.21. The van der Waals surface area contributed by atoms with Crippen molar-refractivity contribution in [1.29, 1.82) is 0 Å². The lowest BCUT2D eigenvalue weighted by Gasteiger charge is -2.19. The van der Waals surface area contributed by atoms with E-state index in [-0.39, 0.29) is 0 Å². The summed E-state index contributed by atoms with van der Waals surface area (Å²) in [7, 11) is 0. The number of aryl methyl sites for hydroxylation is 2. The Morgan fingerprint density at radius 1 is 1.44 bits per heavy atom. The molecule has 4 nitrogen and oxygen atoms in total. The number of thiophene rings is 1. The van der Waals surface area contributed by atoms with Gasteiger partial charge in [0.25, 0.3) is 5.89 Å². The van der Waals surface area contributed by atoms with Crippen LogP contribution in [0.2, 0.25) is 0 Å². The molecule has 2 aromatic heterocycles. The smallest absolute Gasteiger partial charge is 0.268 e. The second-order valence-corrected chi connectivity index (χ2v) is 6.11. The van der Waals surface area contributed by atoms with Gasteiger partial charge in [0.05, 0.1) is 4.88 Å². The van der Waals surface area contributed by atoms with Gasteiger partial charge in [0.2, 0.25) is 0 Å². The molecular weight excluding hydrogens is 246 g/mol. The van der Waals surface area contributed by atoms with Gasteiger partial charge in [-0.25, -0.2) is 0 Å². The van der Waals surface area contributed by atoms with E-state index in [0.717, 1.165) is 30.2 Å². The van der Waals surface area contributed by atoms with Crippen molar-refractivity contribution < 1.29 is 4.52 Å². The summed E-state index contributed by atoms with van der Waals surface area (Å²) >= 11 is 1.72. The highest BCUT2D eigenvalue weighted by molar-refractivity contribution is 7.15. The minimum absolute atomic E-state index is 0.401. The first-order chi connectivity index (χ1) is 8.74. The van der Waals surface area contributed by atoms with Crippen LogP contribution in [0.1, 0.15) is 35.0 Å². The van der Waals surface area contributed by atoms with Gasteiger partial charge in [-0.1, -0.05) is 5.16 Å². The summed E-state index contributed by atoms with van der Waals surface area (Å²) in [6.07, 6.45) is 2.33. The second kappa shape index (κ2) is 4.82. The van der Waals surface area contributed by atoms with Crippen LogP contribution < -0.4 is 5.32 Å². The van der Waals surface area contributed by atoms with Gasteiger partial charge in [0.1, 0.15) is 0 Å². The molecule has 3 rings (SSSR count). The predicted molar refractivity (Wildman–Crippen MR) is 71.9 cm³/mol. The summed E-state index contributed by atoms with van der Waals surface area (Å²) in [6.45, 7) is 6.29. The van der Waals surface area contributed by atoms with Gasteiger partial charge in [-0.3, -0.25) is 0 Å². The van der Waals surface area contributed by atoms with Crippen LogP contribution >= 0.6 is 11.3 Å². The van der Waals surface area contributed by atoms with Crippen LogP contribution in [0.25, 0.3) is 10.8 Å². The van der Waals surface area contributed by atoms with E-state index in [2.05, 4.69) is 35.4 Å². The van der Waals surface area contributed by atoms with Crippen LogP contribution in [0.4, 0.5) is 0 Å². The fourth-order valence-corrected chi connectivity index (χ4v) is 3.21. The van der Waals surface area contributed by atoms with Gasteiger partial charge in [-0.2, -0.15) is 4.98 Å². The first-order valence-electron chi connectivity index (χ1n) is 6.36. The Hall–Kier alpha value is -1.20. The Bertz CT molecular complexity index is 521. The zero-order valence-electron chi connectivity index (χ0n) is 10.7. The number of aromatic nitrogens is 2. The van der Waals surface area contributed by atoms with E-state index in [4.69, 9.17) is 4.52 Å². The summed E-state index contributed by atoms with van der Waals surface area (Å²) in [5, 5.41) is 7.51. The number of hydrogen-bond donors (Lipinski definition) is 1. The molecule has 1 aliphatic heterocycles.